The SMILES string of the molecule is COCC(O)CNc1c(C#N)cnc2c(C)cc(F)cc12. The second kappa shape index (κ2) is 6.48. The number of hydrogen-bond donors (Lipinski definition) is 2. The lowest BCUT2D eigenvalue weighted by atomic mass is 10.1. The first kappa shape index (κ1) is 15.2. The number of anilines is 1. The normalized spacial score (nSPS) is 12.1. The number of halogens is 1. The molecule has 0 amide bonds. The number of aliphatic hydroxyl groups excluding tert-OH is 1. The van der Waals surface area contributed by atoms with Crippen molar-refractivity contribution in [2.75, 3.05) is 25.6 Å². The van der Waals surface area contributed by atoms with Gasteiger partial charge in [-0.1, -0.05) is 0 Å². The van der Waals surface area contributed by atoms with Crippen LogP contribution in [0.15, 0.2) is 18.3 Å². The molecule has 1 heterocycles. The van der Waals surface area contributed by atoms with Gasteiger partial charge in [0.2, 0.25) is 0 Å². The lowest BCUT2D eigenvalue weighted by Gasteiger charge is -2.15. The number of ether oxygens (including phenoxy) is 1. The summed E-state index contributed by atoms with van der Waals surface area (Å²) in [5.74, 6) is -0.391. The molecule has 0 saturated heterocycles. The van der Waals surface area contributed by atoms with Crippen LogP contribution in [-0.4, -0.2) is 36.5 Å². The Morgan fingerprint density at radius 2 is 2.29 bits per heavy atom. The van der Waals surface area contributed by atoms with Gasteiger partial charge in [0.05, 0.1) is 29.5 Å². The van der Waals surface area contributed by atoms with Gasteiger partial charge in [-0.3, -0.25) is 4.98 Å². The summed E-state index contributed by atoms with van der Waals surface area (Å²) in [6.07, 6.45) is 0.720. The van der Waals surface area contributed by atoms with E-state index in [0.29, 0.717) is 27.7 Å². The fourth-order valence-corrected chi connectivity index (χ4v) is 2.18. The van der Waals surface area contributed by atoms with Crippen LogP contribution in [0, 0.1) is 24.1 Å². The van der Waals surface area contributed by atoms with Crippen molar-refractivity contribution in [1.29, 1.82) is 5.26 Å². The largest absolute Gasteiger partial charge is 0.389 e. The molecule has 5 nitrogen and oxygen atoms in total. The molecule has 1 aromatic carbocycles. The van der Waals surface area contributed by atoms with Crippen LogP contribution in [0.4, 0.5) is 10.1 Å². The number of aromatic nitrogens is 1. The highest BCUT2D eigenvalue weighted by Gasteiger charge is 2.13. The third-order valence-electron chi connectivity index (χ3n) is 3.12. The van der Waals surface area contributed by atoms with E-state index < -0.39 is 11.9 Å². The van der Waals surface area contributed by atoms with Crippen LogP contribution in [0.3, 0.4) is 0 Å². The van der Waals surface area contributed by atoms with Gasteiger partial charge in [0, 0.05) is 25.2 Å². The average molecular weight is 289 g/mol. The van der Waals surface area contributed by atoms with Gasteiger partial charge in [-0.05, 0) is 24.6 Å². The van der Waals surface area contributed by atoms with Crippen molar-refractivity contribution >= 4 is 16.6 Å². The molecule has 21 heavy (non-hydrogen) atoms. The van der Waals surface area contributed by atoms with Gasteiger partial charge in [-0.15, -0.1) is 0 Å². The molecule has 1 atom stereocenters. The number of methoxy groups -OCH3 is 1. The summed E-state index contributed by atoms with van der Waals surface area (Å²) >= 11 is 0. The van der Waals surface area contributed by atoms with Crippen molar-refractivity contribution in [3.8, 4) is 6.07 Å². The van der Waals surface area contributed by atoms with E-state index in [9.17, 15) is 14.8 Å². The third kappa shape index (κ3) is 3.27. The fourth-order valence-electron chi connectivity index (χ4n) is 2.18. The first-order chi connectivity index (χ1) is 10.1. The molecule has 0 spiro atoms. The van der Waals surface area contributed by atoms with E-state index in [1.807, 2.05) is 6.07 Å². The van der Waals surface area contributed by atoms with Gasteiger partial charge in [0.1, 0.15) is 11.9 Å². The lowest BCUT2D eigenvalue weighted by molar-refractivity contribution is 0.0728. The van der Waals surface area contributed by atoms with Crippen LogP contribution in [0.2, 0.25) is 0 Å². The van der Waals surface area contributed by atoms with Gasteiger partial charge in [-0.25, -0.2) is 4.39 Å². The Hall–Kier alpha value is -2.23. The van der Waals surface area contributed by atoms with Gasteiger partial charge in [0.15, 0.2) is 0 Å². The molecule has 0 saturated carbocycles. The Morgan fingerprint density at radius 1 is 1.52 bits per heavy atom. The Bertz CT molecular complexity index is 697. The lowest BCUT2D eigenvalue weighted by Crippen LogP contribution is -2.24. The Kier molecular flexibility index (Phi) is 4.68. The molecule has 0 aliphatic heterocycles. The first-order valence-electron chi connectivity index (χ1n) is 6.46. The number of fused-ring (bicyclic) bond motifs is 1. The van der Waals surface area contributed by atoms with Gasteiger partial charge in [0.25, 0.3) is 0 Å². The van der Waals surface area contributed by atoms with Crippen LogP contribution >= 0.6 is 0 Å². The Labute approximate surface area is 122 Å². The zero-order valence-corrected chi connectivity index (χ0v) is 11.9. The highest BCUT2D eigenvalue weighted by atomic mass is 19.1. The van der Waals surface area contributed by atoms with Crippen LogP contribution < -0.4 is 5.32 Å². The van der Waals surface area contributed by atoms with Gasteiger partial charge in [-0.2, -0.15) is 5.26 Å². The number of aryl methyl sites for hydroxylation is 1. The molecular weight excluding hydrogens is 273 g/mol. The van der Waals surface area contributed by atoms with Crippen molar-refractivity contribution < 1.29 is 14.2 Å². The number of hydrogen-bond acceptors (Lipinski definition) is 5. The van der Waals surface area contributed by atoms with Crippen molar-refractivity contribution in [1.82, 2.24) is 4.98 Å². The highest BCUT2D eigenvalue weighted by molar-refractivity contribution is 5.95. The summed E-state index contributed by atoms with van der Waals surface area (Å²) in [5, 5.41) is 22.4. The van der Waals surface area contributed by atoms with Crippen LogP contribution in [0.25, 0.3) is 10.9 Å². The van der Waals surface area contributed by atoms with E-state index in [2.05, 4.69) is 10.3 Å². The Morgan fingerprint density at radius 3 is 2.95 bits per heavy atom. The van der Waals surface area contributed by atoms with Gasteiger partial charge < -0.3 is 15.2 Å². The van der Waals surface area contributed by atoms with E-state index in [0.717, 1.165) is 0 Å². The number of rotatable bonds is 5. The van der Waals surface area contributed by atoms with Gasteiger partial charge >= 0.3 is 0 Å². The maximum Gasteiger partial charge on any atom is 0.124 e. The molecule has 110 valence electrons. The van der Waals surface area contributed by atoms with Crippen LogP contribution in [0.5, 0.6) is 0 Å². The second-order valence-corrected chi connectivity index (χ2v) is 4.77. The monoisotopic (exact) mass is 289 g/mol. The summed E-state index contributed by atoms with van der Waals surface area (Å²) in [6, 6.07) is 4.75. The highest BCUT2D eigenvalue weighted by Crippen LogP contribution is 2.28. The molecule has 0 radical (unpaired) electrons. The summed E-state index contributed by atoms with van der Waals surface area (Å²) in [5.41, 5.74) is 2.09. The second-order valence-electron chi connectivity index (χ2n) is 4.77. The van der Waals surface area contributed by atoms with Crippen LogP contribution in [0.1, 0.15) is 11.1 Å². The van der Waals surface area contributed by atoms with E-state index in [1.165, 1.54) is 25.4 Å². The van der Waals surface area contributed by atoms with Crippen molar-refractivity contribution in [3.63, 3.8) is 0 Å². The molecular formula is C15H16FN3O2. The van der Waals surface area contributed by atoms with E-state index >= 15 is 0 Å². The standard InChI is InChI=1S/C15H16FN3O2/c1-9-3-11(16)4-13-14(9)18-6-10(5-17)15(13)19-7-12(20)8-21-2/h3-4,6,12,20H,7-8H2,1-2H3,(H,18,19). The fraction of sp³-hybridized carbons (Fsp3) is 0.333. The third-order valence-corrected chi connectivity index (χ3v) is 3.12. The quantitative estimate of drug-likeness (QED) is 0.880. The number of nitrogens with zero attached hydrogens (tertiary/aromatic N) is 2. The number of nitrogens with one attached hydrogen (secondary N) is 1. The first-order valence-corrected chi connectivity index (χ1v) is 6.46. The van der Waals surface area contributed by atoms with Crippen molar-refractivity contribution in [2.45, 2.75) is 13.0 Å². The van der Waals surface area contributed by atoms with E-state index in [-0.39, 0.29) is 13.2 Å². The molecule has 0 fully saturated rings. The van der Waals surface area contributed by atoms with E-state index in [4.69, 9.17) is 4.74 Å². The molecule has 0 aliphatic carbocycles. The predicted molar refractivity (Wildman–Crippen MR) is 77.5 cm³/mol. The molecule has 2 N–H and O–H groups in total. The van der Waals surface area contributed by atoms with Crippen LogP contribution in [-0.2, 0) is 4.74 Å². The molecule has 1 unspecified atom stereocenters. The maximum absolute atomic E-state index is 13.6. The predicted octanol–water partition coefficient (Wildman–Crippen LogP) is 1.97. The molecule has 0 aliphatic rings. The number of benzene rings is 1. The minimum absolute atomic E-state index is 0.172. The Balaban J connectivity index is 2.46. The number of nitriles is 1. The smallest absolute Gasteiger partial charge is 0.124 e. The molecule has 0 bridgehead atoms. The summed E-state index contributed by atoms with van der Waals surface area (Å²) in [7, 11) is 1.49. The molecule has 1 aromatic heterocycles. The minimum atomic E-state index is -0.723. The number of pyridine rings is 1. The zero-order chi connectivity index (χ0) is 15.4. The van der Waals surface area contributed by atoms with Crippen molar-refractivity contribution in [3.05, 3.63) is 35.3 Å². The summed E-state index contributed by atoms with van der Waals surface area (Å²) < 4.78 is 18.5. The maximum atomic E-state index is 13.6. The molecule has 2 rings (SSSR count). The molecule has 6 heteroatoms. The zero-order valence-electron chi connectivity index (χ0n) is 11.9. The average Bonchev–Trinajstić information content (AvgIpc) is 2.44. The molecule has 2 aromatic rings. The summed E-state index contributed by atoms with van der Waals surface area (Å²) in [4.78, 5) is 4.20. The van der Waals surface area contributed by atoms with E-state index in [1.54, 1.807) is 6.92 Å². The summed E-state index contributed by atoms with van der Waals surface area (Å²) in [6.45, 7) is 2.12. The topological polar surface area (TPSA) is 78.2 Å². The number of aliphatic hydroxyl groups is 1. The minimum Gasteiger partial charge on any atom is -0.389 e. The van der Waals surface area contributed by atoms with Crippen molar-refractivity contribution in [2.24, 2.45) is 0 Å².